The summed E-state index contributed by atoms with van der Waals surface area (Å²) in [6, 6.07) is 0. The van der Waals surface area contributed by atoms with Crippen molar-refractivity contribution in [3.63, 3.8) is 0 Å². The molecule has 0 aromatic rings. The summed E-state index contributed by atoms with van der Waals surface area (Å²) in [7, 11) is 0. The van der Waals surface area contributed by atoms with Gasteiger partial charge in [-0.25, -0.2) is 0 Å². The van der Waals surface area contributed by atoms with Gasteiger partial charge in [-0.3, -0.25) is 0 Å². The zero-order valence-corrected chi connectivity index (χ0v) is 14.1. The quantitative estimate of drug-likeness (QED) is 0.480. The third-order valence-corrected chi connectivity index (χ3v) is 5.84. The normalized spacial score (nSPS) is 19.7. The first-order chi connectivity index (χ1) is 8.95. The van der Waals surface area contributed by atoms with Gasteiger partial charge in [0.15, 0.2) is 0 Å². The van der Waals surface area contributed by atoms with Gasteiger partial charge in [-0.05, 0) is 49.4 Å². The van der Waals surface area contributed by atoms with Gasteiger partial charge in [-0.15, -0.1) is 0 Å². The van der Waals surface area contributed by atoms with E-state index in [2.05, 4.69) is 53.7 Å². The smallest absolute Gasteiger partial charge is 0.0116 e. The van der Waals surface area contributed by atoms with E-state index in [4.69, 9.17) is 0 Å². The molecule has 0 aromatic heterocycles. The molecule has 110 valence electrons. The third-order valence-electron chi connectivity index (χ3n) is 5.84. The molecule has 1 unspecified atom stereocenters. The van der Waals surface area contributed by atoms with E-state index in [1.165, 1.54) is 44.9 Å². The fourth-order valence-electron chi connectivity index (χ4n) is 3.46. The van der Waals surface area contributed by atoms with E-state index in [9.17, 15) is 0 Å². The molecule has 0 N–H and O–H groups in total. The Balaban J connectivity index is 2.94. The number of allylic oxidation sites excluding steroid dienone is 4. The van der Waals surface area contributed by atoms with Crippen molar-refractivity contribution in [3.05, 3.63) is 23.3 Å². The number of hydrogen-bond acceptors (Lipinski definition) is 0. The Labute approximate surface area is 121 Å². The minimum atomic E-state index is 0.426. The first kappa shape index (κ1) is 16.5. The van der Waals surface area contributed by atoms with Gasteiger partial charge in [0.25, 0.3) is 0 Å². The van der Waals surface area contributed by atoms with Crippen LogP contribution in [0.4, 0.5) is 0 Å². The Bertz CT molecular complexity index is 341. The molecule has 0 heteroatoms. The molecule has 0 nitrogen and oxygen atoms in total. The van der Waals surface area contributed by atoms with Crippen LogP contribution in [-0.2, 0) is 0 Å². The van der Waals surface area contributed by atoms with Gasteiger partial charge in [0.2, 0.25) is 0 Å². The Morgan fingerprint density at radius 2 is 1.21 bits per heavy atom. The highest BCUT2D eigenvalue weighted by molar-refractivity contribution is 5.31. The molecule has 1 rings (SSSR count). The molecule has 0 fully saturated rings. The van der Waals surface area contributed by atoms with Crippen LogP contribution in [-0.4, -0.2) is 0 Å². The van der Waals surface area contributed by atoms with Crippen molar-refractivity contribution in [2.24, 2.45) is 10.8 Å². The molecule has 0 amide bonds. The Morgan fingerprint density at radius 3 is 1.53 bits per heavy atom. The molecule has 0 aromatic carbocycles. The Morgan fingerprint density at radius 1 is 0.789 bits per heavy atom. The monoisotopic (exact) mass is 262 g/mol. The average molecular weight is 262 g/mol. The van der Waals surface area contributed by atoms with Crippen molar-refractivity contribution >= 4 is 0 Å². The highest BCUT2D eigenvalue weighted by Crippen LogP contribution is 2.45. The average Bonchev–Trinajstić information content (AvgIpc) is 2.46. The highest BCUT2D eigenvalue weighted by atomic mass is 14.4. The minimum Gasteiger partial charge on any atom is -0.0654 e. The van der Waals surface area contributed by atoms with Crippen LogP contribution in [0.5, 0.6) is 0 Å². The molecule has 0 saturated heterocycles. The van der Waals surface area contributed by atoms with Crippen LogP contribution in [0, 0.1) is 10.8 Å². The summed E-state index contributed by atoms with van der Waals surface area (Å²) < 4.78 is 0. The van der Waals surface area contributed by atoms with E-state index in [1.54, 1.807) is 11.1 Å². The van der Waals surface area contributed by atoms with Gasteiger partial charge in [-0.2, -0.15) is 0 Å². The predicted molar refractivity (Wildman–Crippen MR) is 87.4 cm³/mol. The Hall–Kier alpha value is -0.520. The van der Waals surface area contributed by atoms with Crippen molar-refractivity contribution in [2.75, 3.05) is 0 Å². The molecule has 1 aliphatic rings. The Kier molecular flexibility index (Phi) is 5.89. The topological polar surface area (TPSA) is 0 Å². The maximum absolute atomic E-state index is 2.46. The molecule has 0 heterocycles. The predicted octanol–water partition coefficient (Wildman–Crippen LogP) is 6.68. The molecule has 0 bridgehead atoms. The molecule has 0 radical (unpaired) electrons. The van der Waals surface area contributed by atoms with Gasteiger partial charge < -0.3 is 0 Å². The SMILES string of the molecule is CCCC(C)(CC)C1=CC=C(C(C)(CC)CC)CC1. The maximum Gasteiger partial charge on any atom is -0.0116 e. The second-order valence-corrected chi connectivity index (χ2v) is 6.82. The van der Waals surface area contributed by atoms with Crippen LogP contribution in [0.25, 0.3) is 0 Å². The molecule has 19 heavy (non-hydrogen) atoms. The van der Waals surface area contributed by atoms with Gasteiger partial charge in [-0.1, -0.05) is 71.3 Å². The lowest BCUT2D eigenvalue weighted by Gasteiger charge is -2.37. The van der Waals surface area contributed by atoms with Crippen LogP contribution in [0.2, 0.25) is 0 Å². The van der Waals surface area contributed by atoms with Crippen molar-refractivity contribution in [3.8, 4) is 0 Å². The minimum absolute atomic E-state index is 0.426. The van der Waals surface area contributed by atoms with E-state index >= 15 is 0 Å². The zero-order chi connectivity index (χ0) is 14.5. The standard InChI is InChI=1S/C19H34/c1-7-15-19(6,10-4)17-13-11-16(12-14-17)18(5,8-2)9-3/h11,13H,7-10,12,14-15H2,1-6H3. The molecule has 0 spiro atoms. The number of hydrogen-bond donors (Lipinski definition) is 0. The van der Waals surface area contributed by atoms with E-state index < -0.39 is 0 Å². The van der Waals surface area contributed by atoms with E-state index in [-0.39, 0.29) is 0 Å². The van der Waals surface area contributed by atoms with Crippen LogP contribution in [0.15, 0.2) is 23.3 Å². The second kappa shape index (κ2) is 6.77. The molecule has 0 aliphatic heterocycles. The summed E-state index contributed by atoms with van der Waals surface area (Å²) in [6.45, 7) is 14.2. The second-order valence-electron chi connectivity index (χ2n) is 6.82. The number of rotatable bonds is 7. The largest absolute Gasteiger partial charge is 0.0654 e. The lowest BCUT2D eigenvalue weighted by Crippen LogP contribution is -2.23. The lowest BCUT2D eigenvalue weighted by atomic mass is 9.68. The summed E-state index contributed by atoms with van der Waals surface area (Å²) in [5, 5.41) is 0. The van der Waals surface area contributed by atoms with Crippen molar-refractivity contribution < 1.29 is 0 Å². The first-order valence-corrected chi connectivity index (χ1v) is 8.36. The van der Waals surface area contributed by atoms with Crippen molar-refractivity contribution in [1.82, 2.24) is 0 Å². The van der Waals surface area contributed by atoms with Crippen molar-refractivity contribution in [2.45, 2.75) is 86.5 Å². The van der Waals surface area contributed by atoms with E-state index in [0.717, 1.165) is 0 Å². The van der Waals surface area contributed by atoms with Crippen LogP contribution in [0.1, 0.15) is 86.5 Å². The summed E-state index contributed by atoms with van der Waals surface area (Å²) in [5.74, 6) is 0. The summed E-state index contributed by atoms with van der Waals surface area (Å²) in [6.07, 6.45) is 13.9. The summed E-state index contributed by atoms with van der Waals surface area (Å²) in [4.78, 5) is 0. The van der Waals surface area contributed by atoms with E-state index in [0.29, 0.717) is 10.8 Å². The van der Waals surface area contributed by atoms with Crippen LogP contribution in [0.3, 0.4) is 0 Å². The first-order valence-electron chi connectivity index (χ1n) is 8.36. The summed E-state index contributed by atoms with van der Waals surface area (Å²) >= 11 is 0. The van der Waals surface area contributed by atoms with Crippen molar-refractivity contribution in [1.29, 1.82) is 0 Å². The third kappa shape index (κ3) is 3.52. The van der Waals surface area contributed by atoms with E-state index in [1.807, 2.05) is 0 Å². The molecule has 1 aliphatic carbocycles. The molecular formula is C19H34. The van der Waals surface area contributed by atoms with Gasteiger partial charge in [0.05, 0.1) is 0 Å². The highest BCUT2D eigenvalue weighted by Gasteiger charge is 2.30. The zero-order valence-electron chi connectivity index (χ0n) is 14.1. The van der Waals surface area contributed by atoms with Gasteiger partial charge >= 0.3 is 0 Å². The fraction of sp³-hybridized carbons (Fsp3) is 0.789. The summed E-state index contributed by atoms with van der Waals surface area (Å²) in [5.41, 5.74) is 4.23. The fourth-order valence-corrected chi connectivity index (χ4v) is 3.46. The molecule has 1 atom stereocenters. The maximum atomic E-state index is 2.46. The lowest BCUT2D eigenvalue weighted by molar-refractivity contribution is 0.320. The van der Waals surface area contributed by atoms with Gasteiger partial charge in [0.1, 0.15) is 0 Å². The molecule has 0 saturated carbocycles. The molecular weight excluding hydrogens is 228 g/mol. The van der Waals surface area contributed by atoms with Crippen LogP contribution >= 0.6 is 0 Å². The van der Waals surface area contributed by atoms with Gasteiger partial charge in [0, 0.05) is 0 Å². The van der Waals surface area contributed by atoms with Crippen LogP contribution < -0.4 is 0 Å².